The molecule has 2 aromatic heterocycles. The van der Waals surface area contributed by atoms with Crippen LogP contribution >= 0.6 is 0 Å². The van der Waals surface area contributed by atoms with Crippen LogP contribution in [0.3, 0.4) is 0 Å². The molecule has 0 saturated carbocycles. The van der Waals surface area contributed by atoms with E-state index in [0.29, 0.717) is 17.7 Å². The fraction of sp³-hybridized carbons (Fsp3) is 0.333. The summed E-state index contributed by atoms with van der Waals surface area (Å²) in [6.45, 7) is 2.83. The molecule has 3 heterocycles. The predicted molar refractivity (Wildman–Crippen MR) is 97.2 cm³/mol. The van der Waals surface area contributed by atoms with Crippen LogP contribution in [0.1, 0.15) is 41.7 Å². The molecule has 0 N–H and O–H groups in total. The van der Waals surface area contributed by atoms with E-state index in [1.165, 1.54) is 6.07 Å². The third-order valence-electron chi connectivity index (χ3n) is 4.86. The number of nitrogens with zero attached hydrogens (tertiary/aromatic N) is 3. The Morgan fingerprint density at radius 3 is 2.85 bits per heavy atom. The summed E-state index contributed by atoms with van der Waals surface area (Å²) in [7, 11) is 0. The molecule has 1 aliphatic rings. The van der Waals surface area contributed by atoms with Crippen LogP contribution < -0.4 is 0 Å². The van der Waals surface area contributed by atoms with E-state index < -0.39 is 0 Å². The van der Waals surface area contributed by atoms with E-state index in [1.54, 1.807) is 18.3 Å². The molecule has 1 atom stereocenters. The topological polar surface area (TPSA) is 42.2 Å². The maximum atomic E-state index is 13.8. The molecule has 1 fully saturated rings. The third kappa shape index (κ3) is 3.99. The van der Waals surface area contributed by atoms with Gasteiger partial charge in [0.05, 0.1) is 11.9 Å². The number of rotatable bonds is 5. The minimum Gasteiger partial charge on any atom is -0.445 e. The zero-order valence-electron chi connectivity index (χ0n) is 14.6. The van der Waals surface area contributed by atoms with Gasteiger partial charge in [-0.2, -0.15) is 0 Å². The van der Waals surface area contributed by atoms with Crippen molar-refractivity contribution in [3.8, 4) is 0 Å². The fourth-order valence-electron chi connectivity index (χ4n) is 3.54. The smallest absolute Gasteiger partial charge is 0.198 e. The van der Waals surface area contributed by atoms with E-state index in [4.69, 9.17) is 4.42 Å². The Balaban J connectivity index is 1.41. The van der Waals surface area contributed by atoms with Gasteiger partial charge in [0.25, 0.3) is 0 Å². The van der Waals surface area contributed by atoms with E-state index in [9.17, 15) is 4.39 Å². The Bertz CT molecular complexity index is 849. The first-order valence-electron chi connectivity index (χ1n) is 9.08. The SMILES string of the molecule is Fc1ccccc1Cc1cnc([C@H]2CCCN(Cc3ccccn3)C2)o1. The molecule has 5 heteroatoms. The van der Waals surface area contributed by atoms with Crippen LogP contribution in [0.5, 0.6) is 0 Å². The van der Waals surface area contributed by atoms with Crippen LogP contribution in [-0.2, 0) is 13.0 Å². The number of hydrogen-bond donors (Lipinski definition) is 0. The van der Waals surface area contributed by atoms with Crippen molar-refractivity contribution in [2.75, 3.05) is 13.1 Å². The second-order valence-electron chi connectivity index (χ2n) is 6.83. The van der Waals surface area contributed by atoms with Crippen LogP contribution in [0.15, 0.2) is 59.3 Å². The van der Waals surface area contributed by atoms with Crippen LogP contribution in [0, 0.1) is 5.82 Å². The highest BCUT2D eigenvalue weighted by molar-refractivity contribution is 5.21. The van der Waals surface area contributed by atoms with Crippen LogP contribution in [0.25, 0.3) is 0 Å². The van der Waals surface area contributed by atoms with E-state index in [0.717, 1.165) is 44.1 Å². The lowest BCUT2D eigenvalue weighted by Crippen LogP contribution is -2.34. The molecule has 1 saturated heterocycles. The largest absolute Gasteiger partial charge is 0.445 e. The number of aromatic nitrogens is 2. The quantitative estimate of drug-likeness (QED) is 0.692. The number of benzene rings is 1. The lowest BCUT2D eigenvalue weighted by molar-refractivity contribution is 0.183. The Kier molecular flexibility index (Phi) is 5.07. The van der Waals surface area contributed by atoms with E-state index in [1.807, 2.05) is 24.4 Å². The van der Waals surface area contributed by atoms with Crippen molar-refractivity contribution in [1.82, 2.24) is 14.9 Å². The maximum Gasteiger partial charge on any atom is 0.198 e. The molecule has 26 heavy (non-hydrogen) atoms. The summed E-state index contributed by atoms with van der Waals surface area (Å²) in [6.07, 6.45) is 6.18. The van der Waals surface area contributed by atoms with Gasteiger partial charge >= 0.3 is 0 Å². The number of likely N-dealkylation sites (tertiary alicyclic amines) is 1. The number of oxazole rings is 1. The predicted octanol–water partition coefficient (Wildman–Crippen LogP) is 4.18. The van der Waals surface area contributed by atoms with Crippen LogP contribution in [-0.4, -0.2) is 28.0 Å². The van der Waals surface area contributed by atoms with Gasteiger partial charge in [0.2, 0.25) is 0 Å². The number of piperidine rings is 1. The Hall–Kier alpha value is -2.53. The van der Waals surface area contributed by atoms with Gasteiger partial charge in [0.15, 0.2) is 5.89 Å². The first kappa shape index (κ1) is 16.9. The van der Waals surface area contributed by atoms with Gasteiger partial charge in [-0.25, -0.2) is 9.37 Å². The highest BCUT2D eigenvalue weighted by Gasteiger charge is 2.25. The first-order chi connectivity index (χ1) is 12.8. The summed E-state index contributed by atoms with van der Waals surface area (Å²) in [4.78, 5) is 11.3. The van der Waals surface area contributed by atoms with E-state index in [-0.39, 0.29) is 11.7 Å². The molecule has 4 nitrogen and oxygen atoms in total. The van der Waals surface area contributed by atoms with Gasteiger partial charge in [-0.3, -0.25) is 9.88 Å². The molecule has 0 aliphatic carbocycles. The van der Waals surface area contributed by atoms with Crippen molar-refractivity contribution in [2.45, 2.75) is 31.7 Å². The maximum absolute atomic E-state index is 13.8. The minimum atomic E-state index is -0.204. The molecule has 1 aromatic carbocycles. The molecule has 4 rings (SSSR count). The first-order valence-corrected chi connectivity index (χ1v) is 9.08. The molecule has 0 amide bonds. The van der Waals surface area contributed by atoms with E-state index >= 15 is 0 Å². The van der Waals surface area contributed by atoms with Gasteiger partial charge in [-0.05, 0) is 43.1 Å². The lowest BCUT2D eigenvalue weighted by atomic mass is 9.98. The van der Waals surface area contributed by atoms with E-state index in [2.05, 4.69) is 20.9 Å². The monoisotopic (exact) mass is 351 g/mol. The van der Waals surface area contributed by atoms with Crippen molar-refractivity contribution >= 4 is 0 Å². The van der Waals surface area contributed by atoms with Gasteiger partial charge < -0.3 is 4.42 Å². The zero-order valence-corrected chi connectivity index (χ0v) is 14.6. The Morgan fingerprint density at radius 2 is 2.00 bits per heavy atom. The highest BCUT2D eigenvalue weighted by Crippen LogP contribution is 2.28. The molecule has 0 unspecified atom stereocenters. The Labute approximate surface area is 152 Å². The summed E-state index contributed by atoms with van der Waals surface area (Å²) in [5.41, 5.74) is 1.72. The summed E-state index contributed by atoms with van der Waals surface area (Å²) in [6, 6.07) is 12.8. The number of hydrogen-bond acceptors (Lipinski definition) is 4. The van der Waals surface area contributed by atoms with Gasteiger partial charge in [0, 0.05) is 31.6 Å². The lowest BCUT2D eigenvalue weighted by Gasteiger charge is -2.30. The summed E-state index contributed by atoms with van der Waals surface area (Å²) in [5.74, 6) is 1.56. The second-order valence-corrected chi connectivity index (χ2v) is 6.83. The fourth-order valence-corrected chi connectivity index (χ4v) is 3.54. The molecular weight excluding hydrogens is 329 g/mol. The molecular formula is C21H22FN3O. The van der Waals surface area contributed by atoms with Crippen molar-refractivity contribution in [1.29, 1.82) is 0 Å². The third-order valence-corrected chi connectivity index (χ3v) is 4.86. The van der Waals surface area contributed by atoms with Gasteiger partial charge in [0.1, 0.15) is 11.6 Å². The zero-order chi connectivity index (χ0) is 17.8. The van der Waals surface area contributed by atoms with Crippen LogP contribution in [0.2, 0.25) is 0 Å². The molecule has 0 radical (unpaired) electrons. The Morgan fingerprint density at radius 1 is 1.12 bits per heavy atom. The summed E-state index contributed by atoms with van der Waals surface area (Å²) < 4.78 is 19.8. The number of halogens is 1. The van der Waals surface area contributed by atoms with Crippen molar-refractivity contribution in [3.05, 3.63) is 83.6 Å². The van der Waals surface area contributed by atoms with Crippen molar-refractivity contribution < 1.29 is 8.81 Å². The second kappa shape index (κ2) is 7.79. The minimum absolute atomic E-state index is 0.204. The highest BCUT2D eigenvalue weighted by atomic mass is 19.1. The van der Waals surface area contributed by atoms with Gasteiger partial charge in [-0.1, -0.05) is 24.3 Å². The van der Waals surface area contributed by atoms with Gasteiger partial charge in [-0.15, -0.1) is 0 Å². The molecule has 134 valence electrons. The van der Waals surface area contributed by atoms with Crippen LogP contribution in [0.4, 0.5) is 4.39 Å². The van der Waals surface area contributed by atoms with Crippen molar-refractivity contribution in [3.63, 3.8) is 0 Å². The number of pyridine rings is 1. The average molecular weight is 351 g/mol. The standard InChI is InChI=1S/C21H22FN3O/c22-20-9-2-1-6-16(20)12-19-13-24-21(26-19)17-7-5-11-25(14-17)15-18-8-3-4-10-23-18/h1-4,6,8-10,13,17H,5,7,11-12,14-15H2/t17-/m0/s1. The molecule has 0 spiro atoms. The van der Waals surface area contributed by atoms with Crippen molar-refractivity contribution in [2.24, 2.45) is 0 Å². The molecule has 1 aliphatic heterocycles. The summed E-state index contributed by atoms with van der Waals surface area (Å²) in [5, 5.41) is 0. The summed E-state index contributed by atoms with van der Waals surface area (Å²) >= 11 is 0. The average Bonchev–Trinajstić information content (AvgIpc) is 3.13. The molecule has 0 bridgehead atoms. The molecule has 3 aromatic rings. The normalized spacial score (nSPS) is 18.1.